The molecule has 118 valence electrons. The van der Waals surface area contributed by atoms with Crippen LogP contribution >= 0.6 is 0 Å². The summed E-state index contributed by atoms with van der Waals surface area (Å²) in [6.07, 6.45) is 6.80. The molecule has 1 aliphatic heterocycles. The van der Waals surface area contributed by atoms with Gasteiger partial charge in [0, 0.05) is 18.6 Å². The van der Waals surface area contributed by atoms with Crippen molar-refractivity contribution in [3.8, 4) is 0 Å². The van der Waals surface area contributed by atoms with Gasteiger partial charge < -0.3 is 10.2 Å². The highest BCUT2D eigenvalue weighted by molar-refractivity contribution is 4.94. The Labute approximate surface area is 126 Å². The summed E-state index contributed by atoms with van der Waals surface area (Å²) in [4.78, 5) is 2.50. The fourth-order valence-electron chi connectivity index (χ4n) is 5.09. The summed E-state index contributed by atoms with van der Waals surface area (Å²) in [7, 11) is 2.27. The molecule has 0 aromatic heterocycles. The molecule has 1 heterocycles. The van der Waals surface area contributed by atoms with E-state index < -0.39 is 0 Å². The van der Waals surface area contributed by atoms with Crippen LogP contribution < -0.4 is 5.32 Å². The lowest BCUT2D eigenvalue weighted by molar-refractivity contribution is 0.0721. The maximum absolute atomic E-state index is 3.99. The topological polar surface area (TPSA) is 15.3 Å². The minimum atomic E-state index is 0.489. The Bertz CT molecular complexity index is 305. The Kier molecular flexibility index (Phi) is 4.86. The fraction of sp³-hybridized carbons (Fsp3) is 1.00. The lowest BCUT2D eigenvalue weighted by atomic mass is 9.63. The van der Waals surface area contributed by atoms with Crippen molar-refractivity contribution in [1.29, 1.82) is 0 Å². The summed E-state index contributed by atoms with van der Waals surface area (Å²) in [5.41, 5.74) is 0.977. The van der Waals surface area contributed by atoms with Crippen LogP contribution in [0.1, 0.15) is 66.7 Å². The van der Waals surface area contributed by atoms with E-state index in [2.05, 4.69) is 51.9 Å². The smallest absolute Gasteiger partial charge is 0.00818 e. The second-order valence-corrected chi connectivity index (χ2v) is 9.23. The van der Waals surface area contributed by atoms with Crippen molar-refractivity contribution in [1.82, 2.24) is 10.2 Å². The Morgan fingerprint density at radius 2 is 1.70 bits per heavy atom. The molecule has 1 aliphatic carbocycles. The first-order valence-electron chi connectivity index (χ1n) is 8.61. The Balaban J connectivity index is 1.91. The quantitative estimate of drug-likeness (QED) is 0.843. The van der Waals surface area contributed by atoms with Gasteiger partial charge in [-0.1, -0.05) is 27.7 Å². The van der Waals surface area contributed by atoms with Gasteiger partial charge in [0.25, 0.3) is 0 Å². The predicted octanol–water partition coefficient (Wildman–Crippen LogP) is 3.91. The van der Waals surface area contributed by atoms with E-state index in [1.165, 1.54) is 45.2 Å². The molecule has 1 N–H and O–H groups in total. The number of nitrogens with zero attached hydrogens (tertiary/aromatic N) is 1. The molecule has 0 radical (unpaired) electrons. The van der Waals surface area contributed by atoms with Crippen molar-refractivity contribution in [3.63, 3.8) is 0 Å². The number of hydrogen-bond acceptors (Lipinski definition) is 2. The third-order valence-electron chi connectivity index (χ3n) is 5.42. The van der Waals surface area contributed by atoms with Crippen molar-refractivity contribution >= 4 is 0 Å². The highest BCUT2D eigenvalue weighted by atomic mass is 15.1. The molecule has 2 atom stereocenters. The van der Waals surface area contributed by atoms with Crippen LogP contribution in [0.2, 0.25) is 0 Å². The number of nitrogens with one attached hydrogen (secondary N) is 1. The first-order valence-corrected chi connectivity index (χ1v) is 8.61. The third kappa shape index (κ3) is 4.46. The Morgan fingerprint density at radius 3 is 2.25 bits per heavy atom. The van der Waals surface area contributed by atoms with E-state index in [4.69, 9.17) is 0 Å². The summed E-state index contributed by atoms with van der Waals surface area (Å²) in [5, 5.41) is 3.99. The highest BCUT2D eigenvalue weighted by Gasteiger charge is 2.39. The summed E-state index contributed by atoms with van der Waals surface area (Å²) >= 11 is 0. The third-order valence-corrected chi connectivity index (χ3v) is 5.42. The van der Waals surface area contributed by atoms with Gasteiger partial charge >= 0.3 is 0 Å². The molecule has 2 aliphatic rings. The van der Waals surface area contributed by atoms with Crippen LogP contribution in [-0.2, 0) is 0 Å². The first kappa shape index (κ1) is 16.3. The van der Waals surface area contributed by atoms with Crippen LogP contribution in [-0.4, -0.2) is 37.1 Å². The van der Waals surface area contributed by atoms with E-state index in [-0.39, 0.29) is 0 Å². The molecular weight excluding hydrogens is 244 g/mol. The van der Waals surface area contributed by atoms with Gasteiger partial charge in [0.15, 0.2) is 0 Å². The standard InChI is InChI=1S/C18H36N2/c1-14(15-8-7-9-20(6)12-15)19-16-10-17(2,3)13-18(4,5)11-16/h14-16,19H,7-13H2,1-6H3. The maximum atomic E-state index is 3.99. The molecule has 2 heteroatoms. The van der Waals surface area contributed by atoms with Gasteiger partial charge in [0.2, 0.25) is 0 Å². The molecule has 2 fully saturated rings. The number of hydrogen-bond donors (Lipinski definition) is 1. The van der Waals surface area contributed by atoms with E-state index in [0.29, 0.717) is 22.9 Å². The van der Waals surface area contributed by atoms with Crippen molar-refractivity contribution in [2.45, 2.75) is 78.8 Å². The van der Waals surface area contributed by atoms with Crippen LogP contribution in [0, 0.1) is 16.7 Å². The van der Waals surface area contributed by atoms with E-state index in [9.17, 15) is 0 Å². The molecule has 0 spiro atoms. The molecule has 2 rings (SSSR count). The minimum Gasteiger partial charge on any atom is -0.311 e. The molecule has 0 bridgehead atoms. The predicted molar refractivity (Wildman–Crippen MR) is 88.0 cm³/mol. The second-order valence-electron chi connectivity index (χ2n) is 9.23. The average molecular weight is 280 g/mol. The first-order chi connectivity index (χ1) is 9.17. The molecule has 1 saturated carbocycles. The summed E-state index contributed by atoms with van der Waals surface area (Å²) < 4.78 is 0. The largest absolute Gasteiger partial charge is 0.311 e. The van der Waals surface area contributed by atoms with Gasteiger partial charge in [-0.25, -0.2) is 0 Å². The zero-order chi connectivity index (χ0) is 15.0. The molecule has 0 amide bonds. The van der Waals surface area contributed by atoms with Gasteiger partial charge in [-0.2, -0.15) is 0 Å². The van der Waals surface area contributed by atoms with E-state index in [1.54, 1.807) is 0 Å². The zero-order valence-corrected chi connectivity index (χ0v) is 14.6. The van der Waals surface area contributed by atoms with Crippen molar-refractivity contribution in [3.05, 3.63) is 0 Å². The van der Waals surface area contributed by atoms with Gasteiger partial charge in [-0.05, 0) is 69.4 Å². The van der Waals surface area contributed by atoms with E-state index in [1.807, 2.05) is 0 Å². The van der Waals surface area contributed by atoms with Crippen molar-refractivity contribution in [2.75, 3.05) is 20.1 Å². The monoisotopic (exact) mass is 280 g/mol. The van der Waals surface area contributed by atoms with Crippen LogP contribution in [0.15, 0.2) is 0 Å². The summed E-state index contributed by atoms with van der Waals surface area (Å²) in [6.45, 7) is 14.8. The number of likely N-dealkylation sites (tertiary alicyclic amines) is 1. The Hall–Kier alpha value is -0.0800. The van der Waals surface area contributed by atoms with Crippen molar-refractivity contribution in [2.24, 2.45) is 16.7 Å². The molecule has 2 unspecified atom stereocenters. The van der Waals surface area contributed by atoms with E-state index in [0.717, 1.165) is 5.92 Å². The molecule has 1 saturated heterocycles. The van der Waals surface area contributed by atoms with Gasteiger partial charge in [0.1, 0.15) is 0 Å². The maximum Gasteiger partial charge on any atom is 0.00818 e. The minimum absolute atomic E-state index is 0.489. The van der Waals surface area contributed by atoms with Crippen LogP contribution in [0.3, 0.4) is 0 Å². The lowest BCUT2D eigenvalue weighted by Gasteiger charge is -2.47. The average Bonchev–Trinajstić information content (AvgIpc) is 2.24. The molecule has 0 aromatic carbocycles. The molecule has 2 nitrogen and oxygen atoms in total. The SMILES string of the molecule is CC(NC1CC(C)(C)CC(C)(C)C1)C1CCCN(C)C1. The highest BCUT2D eigenvalue weighted by Crippen LogP contribution is 2.45. The van der Waals surface area contributed by atoms with Gasteiger partial charge in [-0.15, -0.1) is 0 Å². The summed E-state index contributed by atoms with van der Waals surface area (Å²) in [6, 6.07) is 1.36. The Morgan fingerprint density at radius 1 is 1.10 bits per heavy atom. The summed E-state index contributed by atoms with van der Waals surface area (Å²) in [5.74, 6) is 0.835. The number of rotatable bonds is 3. The van der Waals surface area contributed by atoms with Gasteiger partial charge in [-0.3, -0.25) is 0 Å². The molecule has 0 aromatic rings. The molecular formula is C18H36N2. The molecule has 20 heavy (non-hydrogen) atoms. The van der Waals surface area contributed by atoms with Gasteiger partial charge in [0.05, 0.1) is 0 Å². The van der Waals surface area contributed by atoms with Crippen LogP contribution in [0.4, 0.5) is 0 Å². The normalized spacial score (nSPS) is 33.0. The van der Waals surface area contributed by atoms with Crippen molar-refractivity contribution < 1.29 is 0 Å². The zero-order valence-electron chi connectivity index (χ0n) is 14.6. The van der Waals surface area contributed by atoms with Crippen LogP contribution in [0.25, 0.3) is 0 Å². The second kappa shape index (κ2) is 5.96. The van der Waals surface area contributed by atoms with Crippen LogP contribution in [0.5, 0.6) is 0 Å². The van der Waals surface area contributed by atoms with E-state index >= 15 is 0 Å². The fourth-order valence-corrected chi connectivity index (χ4v) is 5.09. The lowest BCUT2D eigenvalue weighted by Crippen LogP contribution is -2.51. The number of piperidine rings is 1.